The molecule has 21 heavy (non-hydrogen) atoms. The Kier molecular flexibility index (Phi) is 5.14. The molecule has 5 heteroatoms. The zero-order valence-electron chi connectivity index (χ0n) is 13.0. The van der Waals surface area contributed by atoms with Crippen molar-refractivity contribution in [3.63, 3.8) is 0 Å². The van der Waals surface area contributed by atoms with Crippen LogP contribution in [-0.2, 0) is 9.53 Å². The highest BCUT2D eigenvalue weighted by Gasteiger charge is 2.39. The van der Waals surface area contributed by atoms with Gasteiger partial charge in [-0.1, -0.05) is 6.42 Å². The fraction of sp³-hybridized carbons (Fsp3) is 0.938. The lowest BCUT2D eigenvalue weighted by atomic mass is 9.94. The Morgan fingerprint density at radius 2 is 1.90 bits per heavy atom. The largest absolute Gasteiger partial charge is 0.379 e. The van der Waals surface area contributed by atoms with Gasteiger partial charge in [0.15, 0.2) is 0 Å². The number of carbonyl (C=O) groups is 1. The lowest BCUT2D eigenvalue weighted by molar-refractivity contribution is -0.138. The van der Waals surface area contributed by atoms with Crippen LogP contribution in [0.2, 0.25) is 0 Å². The van der Waals surface area contributed by atoms with Gasteiger partial charge in [0.05, 0.1) is 13.2 Å². The predicted octanol–water partition coefficient (Wildman–Crippen LogP) is 0.685. The maximum absolute atomic E-state index is 12.9. The average Bonchev–Trinajstić information content (AvgIpc) is 3.16. The lowest BCUT2D eigenvalue weighted by Gasteiger charge is -2.34. The van der Waals surface area contributed by atoms with Crippen molar-refractivity contribution in [3.05, 3.63) is 0 Å². The highest BCUT2D eigenvalue weighted by Crippen LogP contribution is 2.34. The summed E-state index contributed by atoms with van der Waals surface area (Å²) in [5.41, 5.74) is 5.85. The van der Waals surface area contributed by atoms with Gasteiger partial charge < -0.3 is 15.4 Å². The molecule has 0 spiro atoms. The highest BCUT2D eigenvalue weighted by molar-refractivity contribution is 5.80. The molecule has 2 aliphatic heterocycles. The van der Waals surface area contributed by atoms with Gasteiger partial charge >= 0.3 is 0 Å². The highest BCUT2D eigenvalue weighted by atomic mass is 16.5. The van der Waals surface area contributed by atoms with Crippen LogP contribution >= 0.6 is 0 Å². The van der Waals surface area contributed by atoms with E-state index in [0.29, 0.717) is 24.4 Å². The van der Waals surface area contributed by atoms with Crippen LogP contribution in [0.5, 0.6) is 0 Å². The van der Waals surface area contributed by atoms with Crippen LogP contribution in [0.15, 0.2) is 0 Å². The van der Waals surface area contributed by atoms with E-state index >= 15 is 0 Å². The van der Waals surface area contributed by atoms with Crippen molar-refractivity contribution in [2.75, 3.05) is 45.9 Å². The molecule has 1 amide bonds. The summed E-state index contributed by atoms with van der Waals surface area (Å²) in [5, 5.41) is 0. The predicted molar refractivity (Wildman–Crippen MR) is 81.9 cm³/mol. The van der Waals surface area contributed by atoms with E-state index in [2.05, 4.69) is 9.80 Å². The van der Waals surface area contributed by atoms with E-state index in [4.69, 9.17) is 10.5 Å². The minimum absolute atomic E-state index is 0.195. The van der Waals surface area contributed by atoms with Gasteiger partial charge in [-0.25, -0.2) is 0 Å². The summed E-state index contributed by atoms with van der Waals surface area (Å²) in [7, 11) is 0. The molecule has 1 aliphatic carbocycles. The number of hydrogen-bond acceptors (Lipinski definition) is 4. The van der Waals surface area contributed by atoms with Crippen molar-refractivity contribution in [3.8, 4) is 0 Å². The number of nitrogens with two attached hydrogens (primary N) is 1. The molecule has 1 saturated carbocycles. The fourth-order valence-corrected chi connectivity index (χ4v) is 4.25. The molecular formula is C16H29N3O2. The summed E-state index contributed by atoms with van der Waals surface area (Å²) in [4.78, 5) is 17.5. The molecule has 3 fully saturated rings. The Bertz CT molecular complexity index is 357. The van der Waals surface area contributed by atoms with E-state index in [1.54, 1.807) is 0 Å². The Morgan fingerprint density at radius 3 is 2.67 bits per heavy atom. The second kappa shape index (κ2) is 7.07. The van der Waals surface area contributed by atoms with Crippen LogP contribution in [0.1, 0.15) is 32.1 Å². The van der Waals surface area contributed by atoms with Gasteiger partial charge in [0.25, 0.3) is 0 Å². The number of likely N-dealkylation sites (tertiary alicyclic amines) is 1. The zero-order valence-corrected chi connectivity index (χ0v) is 13.0. The monoisotopic (exact) mass is 295 g/mol. The number of hydrogen-bond donors (Lipinski definition) is 1. The third-order valence-electron chi connectivity index (χ3n) is 5.51. The molecule has 0 aromatic rings. The summed E-state index contributed by atoms with van der Waals surface area (Å²) in [5.74, 6) is 1.00. The number of morpholine rings is 1. The van der Waals surface area contributed by atoms with Gasteiger partial charge in [0.1, 0.15) is 0 Å². The number of amides is 1. The lowest BCUT2D eigenvalue weighted by Crippen LogP contribution is -2.48. The summed E-state index contributed by atoms with van der Waals surface area (Å²) in [6, 6.07) is 0.412. The summed E-state index contributed by atoms with van der Waals surface area (Å²) in [6.07, 6.45) is 5.65. The van der Waals surface area contributed by atoms with E-state index < -0.39 is 0 Å². The number of rotatable bonds is 4. The Labute approximate surface area is 127 Å². The fourth-order valence-electron chi connectivity index (χ4n) is 4.25. The second-order valence-electron chi connectivity index (χ2n) is 6.77. The zero-order chi connectivity index (χ0) is 14.7. The van der Waals surface area contributed by atoms with E-state index in [0.717, 1.165) is 65.1 Å². The number of ether oxygens (including phenoxy) is 1. The minimum atomic E-state index is 0.195. The normalized spacial score (nSPS) is 34.5. The summed E-state index contributed by atoms with van der Waals surface area (Å²) in [6.45, 7) is 6.31. The Morgan fingerprint density at radius 1 is 1.10 bits per heavy atom. The number of nitrogens with zero attached hydrogens (tertiary/aromatic N) is 2. The Balaban J connectivity index is 1.59. The van der Waals surface area contributed by atoms with Crippen LogP contribution in [-0.4, -0.2) is 67.7 Å². The molecule has 0 radical (unpaired) electrons. The summed E-state index contributed by atoms with van der Waals surface area (Å²) < 4.78 is 5.41. The van der Waals surface area contributed by atoms with Gasteiger partial charge in [0.2, 0.25) is 5.91 Å². The average molecular weight is 295 g/mol. The van der Waals surface area contributed by atoms with E-state index in [9.17, 15) is 4.79 Å². The third kappa shape index (κ3) is 3.41. The molecule has 120 valence electrons. The molecule has 3 atom stereocenters. The van der Waals surface area contributed by atoms with Gasteiger partial charge in [-0.05, 0) is 38.1 Å². The van der Waals surface area contributed by atoms with Crippen molar-refractivity contribution >= 4 is 5.91 Å². The molecule has 2 saturated heterocycles. The Hall–Kier alpha value is -0.650. The second-order valence-corrected chi connectivity index (χ2v) is 6.77. The van der Waals surface area contributed by atoms with Crippen LogP contribution < -0.4 is 5.73 Å². The van der Waals surface area contributed by atoms with E-state index in [1.165, 1.54) is 6.42 Å². The molecule has 2 N–H and O–H groups in total. The van der Waals surface area contributed by atoms with Crippen molar-refractivity contribution in [1.29, 1.82) is 0 Å². The molecule has 2 heterocycles. The van der Waals surface area contributed by atoms with Crippen LogP contribution in [0.3, 0.4) is 0 Å². The molecule has 0 aromatic carbocycles. The molecule has 1 unspecified atom stereocenters. The summed E-state index contributed by atoms with van der Waals surface area (Å²) >= 11 is 0. The molecule has 0 aromatic heterocycles. The smallest absolute Gasteiger partial charge is 0.226 e. The quantitative estimate of drug-likeness (QED) is 0.829. The van der Waals surface area contributed by atoms with Crippen molar-refractivity contribution in [1.82, 2.24) is 9.80 Å². The maximum Gasteiger partial charge on any atom is 0.226 e. The first-order valence-electron chi connectivity index (χ1n) is 8.60. The van der Waals surface area contributed by atoms with Crippen LogP contribution in [0.25, 0.3) is 0 Å². The first-order chi connectivity index (χ1) is 10.3. The molecular weight excluding hydrogens is 266 g/mol. The van der Waals surface area contributed by atoms with Crippen molar-refractivity contribution in [2.24, 2.45) is 17.6 Å². The van der Waals surface area contributed by atoms with Crippen molar-refractivity contribution in [2.45, 2.75) is 38.1 Å². The van der Waals surface area contributed by atoms with Crippen molar-refractivity contribution < 1.29 is 9.53 Å². The maximum atomic E-state index is 12.9. The first kappa shape index (κ1) is 15.3. The standard InChI is InChI=1S/C16H29N3O2/c17-11-13-3-1-5-15(13)16(20)19-6-2-4-14(19)12-18-7-9-21-10-8-18/h13-15H,1-12,17H2/t13-,14?,15-/m1/s1. The third-order valence-corrected chi connectivity index (χ3v) is 5.51. The molecule has 5 nitrogen and oxygen atoms in total. The van der Waals surface area contributed by atoms with Gasteiger partial charge in [-0.2, -0.15) is 0 Å². The van der Waals surface area contributed by atoms with Gasteiger partial charge in [0, 0.05) is 38.1 Å². The van der Waals surface area contributed by atoms with Gasteiger partial charge in [-0.15, -0.1) is 0 Å². The SMILES string of the molecule is NC[C@H]1CCC[C@H]1C(=O)N1CCCC1CN1CCOCC1. The van der Waals surface area contributed by atoms with Crippen LogP contribution in [0.4, 0.5) is 0 Å². The topological polar surface area (TPSA) is 58.8 Å². The number of carbonyl (C=O) groups excluding carboxylic acids is 1. The van der Waals surface area contributed by atoms with E-state index in [1.807, 2.05) is 0 Å². The minimum Gasteiger partial charge on any atom is -0.379 e. The first-order valence-corrected chi connectivity index (χ1v) is 8.60. The molecule has 3 aliphatic rings. The van der Waals surface area contributed by atoms with Gasteiger partial charge in [-0.3, -0.25) is 9.69 Å². The molecule has 3 rings (SSSR count). The van der Waals surface area contributed by atoms with Crippen LogP contribution in [0, 0.1) is 11.8 Å². The molecule has 0 bridgehead atoms. The van der Waals surface area contributed by atoms with E-state index in [-0.39, 0.29) is 5.92 Å².